The number of rotatable bonds is 4. The molecule has 2 atom stereocenters. The lowest BCUT2D eigenvalue weighted by Crippen LogP contribution is -2.37. The van der Waals surface area contributed by atoms with Gasteiger partial charge in [0.15, 0.2) is 0 Å². The minimum absolute atomic E-state index is 0.303. The molecule has 3 N–H and O–H groups in total. The second-order valence-electron chi connectivity index (χ2n) is 4.69. The molecule has 0 aliphatic carbocycles. The summed E-state index contributed by atoms with van der Waals surface area (Å²) in [6.45, 7) is 3.55. The van der Waals surface area contributed by atoms with E-state index < -0.39 is 12.1 Å². The number of aryl methyl sites for hydroxylation is 1. The molecule has 2 rings (SSSR count). The van der Waals surface area contributed by atoms with Crippen LogP contribution in [0, 0.1) is 6.92 Å². The second kappa shape index (κ2) is 6.07. The molecule has 0 saturated carbocycles. The van der Waals surface area contributed by atoms with Crippen molar-refractivity contribution in [3.05, 3.63) is 52.3 Å². The third kappa shape index (κ3) is 3.37. The van der Waals surface area contributed by atoms with Crippen molar-refractivity contribution in [2.75, 3.05) is 0 Å². The van der Waals surface area contributed by atoms with Crippen LogP contribution in [-0.4, -0.2) is 27.3 Å². The van der Waals surface area contributed by atoms with Crippen LogP contribution in [0.3, 0.4) is 0 Å². The molecule has 1 aromatic carbocycles. The summed E-state index contributed by atoms with van der Waals surface area (Å²) in [5, 5.41) is 20.1. The Morgan fingerprint density at radius 2 is 2.05 bits per heavy atom. The lowest BCUT2D eigenvalue weighted by Gasteiger charge is -2.20. The van der Waals surface area contributed by atoms with E-state index in [0.29, 0.717) is 16.3 Å². The normalized spacial score (nSPS) is 13.8. The van der Waals surface area contributed by atoms with Gasteiger partial charge in [-0.05, 0) is 37.6 Å². The summed E-state index contributed by atoms with van der Waals surface area (Å²) < 4.78 is 0. The number of carbonyl (C=O) groups excluding carboxylic acids is 1. The molecule has 0 spiro atoms. The first-order valence-electron chi connectivity index (χ1n) is 6.24. The molecule has 20 heavy (non-hydrogen) atoms. The standard InChI is InChI=1S/C14H16ClN3O2/c1-8-7-12(18-17-8)14(20)16-9(2)13(19)10-3-5-11(15)6-4-10/h3-7,9,13,19H,1-2H3,(H,16,20)(H,17,18). The van der Waals surface area contributed by atoms with Gasteiger partial charge in [-0.2, -0.15) is 5.10 Å². The van der Waals surface area contributed by atoms with Crippen molar-refractivity contribution in [1.29, 1.82) is 0 Å². The van der Waals surface area contributed by atoms with E-state index in [1.54, 1.807) is 37.3 Å². The Bertz CT molecular complexity index is 595. The maximum absolute atomic E-state index is 11.9. The van der Waals surface area contributed by atoms with Crippen molar-refractivity contribution in [2.24, 2.45) is 0 Å². The zero-order chi connectivity index (χ0) is 14.7. The molecule has 106 valence electrons. The number of halogens is 1. The lowest BCUT2D eigenvalue weighted by atomic mass is 10.0. The molecular formula is C14H16ClN3O2. The topological polar surface area (TPSA) is 78.0 Å². The van der Waals surface area contributed by atoms with Crippen molar-refractivity contribution < 1.29 is 9.90 Å². The van der Waals surface area contributed by atoms with Gasteiger partial charge in [-0.3, -0.25) is 9.89 Å². The number of aromatic nitrogens is 2. The number of nitrogens with zero attached hydrogens (tertiary/aromatic N) is 1. The third-order valence-electron chi connectivity index (χ3n) is 2.98. The van der Waals surface area contributed by atoms with Crippen LogP contribution in [-0.2, 0) is 0 Å². The van der Waals surface area contributed by atoms with E-state index >= 15 is 0 Å². The number of hydrogen-bond donors (Lipinski definition) is 3. The first-order valence-corrected chi connectivity index (χ1v) is 6.61. The Morgan fingerprint density at radius 1 is 1.40 bits per heavy atom. The van der Waals surface area contributed by atoms with Crippen molar-refractivity contribution in [1.82, 2.24) is 15.5 Å². The van der Waals surface area contributed by atoms with Gasteiger partial charge in [0.05, 0.1) is 12.1 Å². The van der Waals surface area contributed by atoms with Crippen molar-refractivity contribution >= 4 is 17.5 Å². The minimum Gasteiger partial charge on any atom is -0.386 e. The summed E-state index contributed by atoms with van der Waals surface area (Å²) in [5.74, 6) is -0.324. The van der Waals surface area contributed by atoms with Crippen LogP contribution < -0.4 is 5.32 Å². The molecule has 1 aromatic heterocycles. The number of aliphatic hydroxyl groups excluding tert-OH is 1. The molecule has 2 aromatic rings. The monoisotopic (exact) mass is 293 g/mol. The highest BCUT2D eigenvalue weighted by Crippen LogP contribution is 2.19. The summed E-state index contributed by atoms with van der Waals surface area (Å²) in [4.78, 5) is 11.9. The fourth-order valence-corrected chi connectivity index (χ4v) is 1.97. The van der Waals surface area contributed by atoms with E-state index in [1.807, 2.05) is 6.92 Å². The summed E-state index contributed by atoms with van der Waals surface area (Å²) in [6, 6.07) is 8.07. The number of nitrogens with one attached hydrogen (secondary N) is 2. The van der Waals surface area contributed by atoms with E-state index in [2.05, 4.69) is 15.5 Å². The highest BCUT2D eigenvalue weighted by Gasteiger charge is 2.20. The zero-order valence-electron chi connectivity index (χ0n) is 11.2. The van der Waals surface area contributed by atoms with Gasteiger partial charge in [0.2, 0.25) is 0 Å². The van der Waals surface area contributed by atoms with Crippen LogP contribution in [0.25, 0.3) is 0 Å². The minimum atomic E-state index is -0.809. The number of H-pyrrole nitrogens is 1. The first-order chi connectivity index (χ1) is 9.47. The number of benzene rings is 1. The Hall–Kier alpha value is -1.85. The summed E-state index contributed by atoms with van der Waals surface area (Å²) >= 11 is 5.80. The average Bonchev–Trinajstić information content (AvgIpc) is 2.85. The van der Waals surface area contributed by atoms with E-state index in [1.165, 1.54) is 0 Å². The van der Waals surface area contributed by atoms with Crippen LogP contribution in [0.2, 0.25) is 5.02 Å². The van der Waals surface area contributed by atoms with E-state index in [9.17, 15) is 9.90 Å². The summed E-state index contributed by atoms with van der Waals surface area (Å²) in [6.07, 6.45) is -0.809. The van der Waals surface area contributed by atoms with Gasteiger partial charge in [0.1, 0.15) is 5.69 Å². The van der Waals surface area contributed by atoms with E-state index in [-0.39, 0.29) is 5.91 Å². The number of carbonyl (C=O) groups is 1. The van der Waals surface area contributed by atoms with Gasteiger partial charge >= 0.3 is 0 Å². The largest absolute Gasteiger partial charge is 0.386 e. The van der Waals surface area contributed by atoms with E-state index in [0.717, 1.165) is 5.69 Å². The number of aliphatic hydroxyl groups is 1. The van der Waals surface area contributed by atoms with Crippen LogP contribution in [0.4, 0.5) is 0 Å². The lowest BCUT2D eigenvalue weighted by molar-refractivity contribution is 0.0847. The Kier molecular flexibility index (Phi) is 4.42. The van der Waals surface area contributed by atoms with Crippen LogP contribution in [0.1, 0.15) is 34.8 Å². The smallest absolute Gasteiger partial charge is 0.272 e. The number of aromatic amines is 1. The Labute approximate surface area is 122 Å². The fourth-order valence-electron chi connectivity index (χ4n) is 1.84. The molecule has 1 heterocycles. The molecule has 0 radical (unpaired) electrons. The predicted octanol–water partition coefficient (Wildman–Crippen LogP) is 2.22. The number of amides is 1. The van der Waals surface area contributed by atoms with E-state index in [4.69, 9.17) is 11.6 Å². The van der Waals surface area contributed by atoms with Crippen LogP contribution in [0.5, 0.6) is 0 Å². The molecule has 0 saturated heterocycles. The molecule has 0 fully saturated rings. The van der Waals surface area contributed by atoms with Gasteiger partial charge in [-0.25, -0.2) is 0 Å². The molecule has 2 unspecified atom stereocenters. The van der Waals surface area contributed by atoms with Gasteiger partial charge < -0.3 is 10.4 Å². The highest BCUT2D eigenvalue weighted by atomic mass is 35.5. The zero-order valence-corrected chi connectivity index (χ0v) is 12.0. The molecule has 0 bridgehead atoms. The summed E-state index contributed by atoms with van der Waals surface area (Å²) in [5.41, 5.74) is 1.80. The third-order valence-corrected chi connectivity index (χ3v) is 3.23. The maximum Gasteiger partial charge on any atom is 0.272 e. The molecule has 1 amide bonds. The SMILES string of the molecule is Cc1cc(C(=O)NC(C)C(O)c2ccc(Cl)cc2)n[nH]1. The van der Waals surface area contributed by atoms with Gasteiger partial charge in [-0.15, -0.1) is 0 Å². The molecule has 0 aliphatic heterocycles. The van der Waals surface area contributed by atoms with Gasteiger partial charge in [-0.1, -0.05) is 23.7 Å². The van der Waals surface area contributed by atoms with Crippen LogP contribution >= 0.6 is 11.6 Å². The van der Waals surface area contributed by atoms with Crippen molar-refractivity contribution in [2.45, 2.75) is 26.0 Å². The van der Waals surface area contributed by atoms with Crippen molar-refractivity contribution in [3.63, 3.8) is 0 Å². The Balaban J connectivity index is 2.02. The van der Waals surface area contributed by atoms with Gasteiger partial charge in [0, 0.05) is 10.7 Å². The molecule has 5 nitrogen and oxygen atoms in total. The summed E-state index contributed by atoms with van der Waals surface area (Å²) in [7, 11) is 0. The molecule has 0 aliphatic rings. The maximum atomic E-state index is 11.9. The molecular weight excluding hydrogens is 278 g/mol. The highest BCUT2D eigenvalue weighted by molar-refractivity contribution is 6.30. The first kappa shape index (κ1) is 14.6. The predicted molar refractivity (Wildman–Crippen MR) is 76.7 cm³/mol. The number of hydrogen-bond acceptors (Lipinski definition) is 3. The Morgan fingerprint density at radius 3 is 2.60 bits per heavy atom. The fraction of sp³-hybridized carbons (Fsp3) is 0.286. The average molecular weight is 294 g/mol. The van der Waals surface area contributed by atoms with Crippen molar-refractivity contribution in [3.8, 4) is 0 Å². The second-order valence-corrected chi connectivity index (χ2v) is 5.13. The quantitative estimate of drug-likeness (QED) is 0.809. The van der Waals surface area contributed by atoms with Gasteiger partial charge in [0.25, 0.3) is 5.91 Å². The molecule has 6 heteroatoms. The van der Waals surface area contributed by atoms with Crippen LogP contribution in [0.15, 0.2) is 30.3 Å².